The number of primary amides is 1. The molecule has 0 radical (unpaired) electrons. The quantitative estimate of drug-likeness (QED) is 0.137. The normalized spacial score (nSPS) is 15.6. The lowest BCUT2D eigenvalue weighted by molar-refractivity contribution is -0.142. The van der Waals surface area contributed by atoms with Crippen LogP contribution in [0.5, 0.6) is 0 Å². The smallest absolute Gasteiger partial charge is 0.327 e. The first-order chi connectivity index (χ1) is 14.5. The van der Waals surface area contributed by atoms with Crippen LogP contribution in [0.1, 0.15) is 33.1 Å². The lowest BCUT2D eigenvalue weighted by atomic mass is 9.97. The molecule has 5 atom stereocenters. The van der Waals surface area contributed by atoms with Crippen LogP contribution >= 0.6 is 24.4 Å². The van der Waals surface area contributed by atoms with Crippen molar-refractivity contribution >= 4 is 54.0 Å². The van der Waals surface area contributed by atoms with Crippen LogP contribution in [-0.4, -0.2) is 76.6 Å². The van der Waals surface area contributed by atoms with Crippen molar-refractivity contribution in [1.29, 1.82) is 0 Å². The van der Waals surface area contributed by atoms with Gasteiger partial charge < -0.3 is 32.5 Å². The van der Waals surface area contributed by atoms with E-state index < -0.39 is 53.8 Å². The minimum absolute atomic E-state index is 0.119. The molecule has 5 unspecified atom stereocenters. The predicted molar refractivity (Wildman–Crippen MR) is 122 cm³/mol. The lowest BCUT2D eigenvalue weighted by Gasteiger charge is -2.27. The number of carbonyl (C=O) groups excluding carboxylic acids is 4. The number of carbonyl (C=O) groups is 5. The van der Waals surface area contributed by atoms with Gasteiger partial charge in [-0.1, -0.05) is 20.3 Å². The van der Waals surface area contributed by atoms with Crippen LogP contribution in [0.15, 0.2) is 0 Å². The molecular weight excluding hydrogens is 446 g/mol. The number of nitrogens with one attached hydrogen (secondary N) is 3. The van der Waals surface area contributed by atoms with Gasteiger partial charge in [0.1, 0.15) is 18.1 Å². The summed E-state index contributed by atoms with van der Waals surface area (Å²) < 4.78 is 0. The van der Waals surface area contributed by atoms with Crippen LogP contribution in [0.25, 0.3) is 0 Å². The van der Waals surface area contributed by atoms with Crippen LogP contribution in [0, 0.1) is 5.92 Å². The van der Waals surface area contributed by atoms with Gasteiger partial charge in [-0.15, -0.1) is 0 Å². The Balaban J connectivity index is 5.43. The Morgan fingerprint density at radius 2 is 1.61 bits per heavy atom. The van der Waals surface area contributed by atoms with E-state index in [9.17, 15) is 24.0 Å². The van der Waals surface area contributed by atoms with Gasteiger partial charge in [0.25, 0.3) is 0 Å². The molecule has 0 bridgehead atoms. The van der Waals surface area contributed by atoms with Gasteiger partial charge >= 0.3 is 5.97 Å². The lowest BCUT2D eigenvalue weighted by Crippen LogP contribution is -2.59. The van der Waals surface area contributed by atoms with Crippen molar-refractivity contribution in [3.63, 3.8) is 0 Å². The van der Waals surface area contributed by atoms with E-state index in [2.05, 4.69) is 28.6 Å². The highest BCUT2D eigenvalue weighted by atomic mass is 32.2. The fraction of sp³-hybridized carbons (Fsp3) is 0.722. The second kappa shape index (κ2) is 14.9. The average Bonchev–Trinajstić information content (AvgIpc) is 2.71. The molecule has 0 fully saturated rings. The number of aliphatic carboxylic acids is 1. The highest BCUT2D eigenvalue weighted by Crippen LogP contribution is 2.10. The zero-order chi connectivity index (χ0) is 24.1. The van der Waals surface area contributed by atoms with E-state index in [4.69, 9.17) is 16.6 Å². The summed E-state index contributed by atoms with van der Waals surface area (Å²) in [7, 11) is 0. The Bertz CT molecular complexity index is 651. The molecular formula is C18H33N5O6S2. The van der Waals surface area contributed by atoms with Crippen molar-refractivity contribution in [2.45, 2.75) is 57.3 Å². The number of thioether (sulfide) groups is 1. The molecule has 0 heterocycles. The van der Waals surface area contributed by atoms with Crippen molar-refractivity contribution in [1.82, 2.24) is 16.0 Å². The summed E-state index contributed by atoms with van der Waals surface area (Å²) in [5.74, 6) is -3.89. The number of amides is 4. The van der Waals surface area contributed by atoms with E-state index in [1.807, 2.05) is 13.2 Å². The molecule has 11 nitrogen and oxygen atoms in total. The maximum atomic E-state index is 12.9. The van der Waals surface area contributed by atoms with Crippen molar-refractivity contribution in [2.75, 3.05) is 17.8 Å². The number of hydrogen-bond acceptors (Lipinski definition) is 8. The zero-order valence-corrected chi connectivity index (χ0v) is 19.6. The van der Waals surface area contributed by atoms with Gasteiger partial charge in [0.2, 0.25) is 23.6 Å². The number of nitrogens with two attached hydrogens (primary N) is 2. The largest absolute Gasteiger partial charge is 0.480 e. The fourth-order valence-electron chi connectivity index (χ4n) is 2.50. The Morgan fingerprint density at radius 3 is 2.06 bits per heavy atom. The third-order valence-corrected chi connectivity index (χ3v) is 5.60. The Hall–Kier alpha value is -1.99. The first-order valence-electron chi connectivity index (χ1n) is 9.75. The summed E-state index contributed by atoms with van der Waals surface area (Å²) in [4.78, 5) is 59.9. The second-order valence-corrected chi connectivity index (χ2v) is 8.42. The molecule has 0 spiro atoms. The summed E-state index contributed by atoms with van der Waals surface area (Å²) in [6, 6.07) is -4.44. The first kappa shape index (κ1) is 29.0. The summed E-state index contributed by atoms with van der Waals surface area (Å²) in [5, 5.41) is 16.6. The van der Waals surface area contributed by atoms with Crippen LogP contribution in [0.4, 0.5) is 0 Å². The van der Waals surface area contributed by atoms with Gasteiger partial charge in [0, 0.05) is 5.75 Å². The van der Waals surface area contributed by atoms with E-state index in [1.165, 1.54) is 11.8 Å². The van der Waals surface area contributed by atoms with Gasteiger partial charge in [-0.3, -0.25) is 19.2 Å². The SMILES string of the molecule is CCC(C)C(NC(=O)C(CCSC)NC(=O)C(N)CC(N)=O)C(=O)NC(CS)C(=O)O. The maximum absolute atomic E-state index is 12.9. The fourth-order valence-corrected chi connectivity index (χ4v) is 3.21. The van der Waals surface area contributed by atoms with Gasteiger partial charge in [-0.25, -0.2) is 4.79 Å². The molecule has 0 rings (SSSR count). The number of hydrogen-bond donors (Lipinski definition) is 7. The van der Waals surface area contributed by atoms with E-state index in [0.29, 0.717) is 12.2 Å². The van der Waals surface area contributed by atoms with Crippen molar-refractivity contribution in [2.24, 2.45) is 17.4 Å². The van der Waals surface area contributed by atoms with Crippen molar-refractivity contribution in [3.8, 4) is 0 Å². The Kier molecular flexibility index (Phi) is 14.0. The molecule has 0 aliphatic heterocycles. The molecule has 0 saturated heterocycles. The number of carboxylic acid groups (broad SMARTS) is 1. The van der Waals surface area contributed by atoms with Crippen LogP contribution in [-0.2, 0) is 24.0 Å². The van der Waals surface area contributed by atoms with Gasteiger partial charge in [-0.2, -0.15) is 24.4 Å². The third-order valence-electron chi connectivity index (χ3n) is 4.59. The summed E-state index contributed by atoms with van der Waals surface area (Å²) in [5.41, 5.74) is 10.7. The highest BCUT2D eigenvalue weighted by molar-refractivity contribution is 7.98. The average molecular weight is 480 g/mol. The minimum Gasteiger partial charge on any atom is -0.480 e. The van der Waals surface area contributed by atoms with E-state index in [0.717, 1.165) is 0 Å². The van der Waals surface area contributed by atoms with Gasteiger partial charge in [0.15, 0.2) is 0 Å². The summed E-state index contributed by atoms with van der Waals surface area (Å²) in [6.07, 6.45) is 2.24. The van der Waals surface area contributed by atoms with Crippen LogP contribution in [0.2, 0.25) is 0 Å². The molecule has 0 aromatic carbocycles. The second-order valence-electron chi connectivity index (χ2n) is 7.07. The molecule has 4 amide bonds. The van der Waals surface area contributed by atoms with E-state index in [1.54, 1.807) is 6.92 Å². The summed E-state index contributed by atoms with van der Waals surface area (Å²) >= 11 is 5.37. The number of carboxylic acids is 1. The molecule has 0 aromatic rings. The van der Waals surface area contributed by atoms with Crippen LogP contribution in [0.3, 0.4) is 0 Å². The zero-order valence-electron chi connectivity index (χ0n) is 17.9. The predicted octanol–water partition coefficient (Wildman–Crippen LogP) is -1.54. The minimum atomic E-state index is -1.24. The molecule has 31 heavy (non-hydrogen) atoms. The van der Waals surface area contributed by atoms with E-state index >= 15 is 0 Å². The summed E-state index contributed by atoms with van der Waals surface area (Å²) in [6.45, 7) is 3.56. The third kappa shape index (κ3) is 10.7. The first-order valence-corrected chi connectivity index (χ1v) is 11.8. The Labute approximate surface area is 191 Å². The van der Waals surface area contributed by atoms with Gasteiger partial charge in [0.05, 0.1) is 12.5 Å². The molecule has 0 aliphatic rings. The standard InChI is InChI=1S/C18H33N5O6S2/c1-4-9(2)14(17(27)22-12(8-30)18(28)29)23-16(26)11(5-6-31-3)21-15(25)10(19)7-13(20)24/h9-12,14,30H,4-8,19H2,1-3H3,(H2,20,24)(H,21,25)(H,22,27)(H,23,26)(H,28,29). The van der Waals surface area contributed by atoms with Crippen molar-refractivity contribution in [3.05, 3.63) is 0 Å². The molecule has 13 heteroatoms. The molecule has 0 saturated carbocycles. The van der Waals surface area contributed by atoms with E-state index in [-0.39, 0.29) is 24.5 Å². The molecule has 8 N–H and O–H groups in total. The Morgan fingerprint density at radius 1 is 1.03 bits per heavy atom. The van der Waals surface area contributed by atoms with Gasteiger partial charge in [-0.05, 0) is 24.3 Å². The number of thiol groups is 1. The van der Waals surface area contributed by atoms with Crippen LogP contribution < -0.4 is 27.4 Å². The number of rotatable bonds is 15. The highest BCUT2D eigenvalue weighted by Gasteiger charge is 2.32. The molecule has 178 valence electrons. The van der Waals surface area contributed by atoms with Crippen molar-refractivity contribution < 1.29 is 29.1 Å². The molecule has 0 aliphatic carbocycles. The topological polar surface area (TPSA) is 194 Å². The monoisotopic (exact) mass is 479 g/mol. The molecule has 0 aromatic heterocycles. The maximum Gasteiger partial charge on any atom is 0.327 e.